The van der Waals surface area contributed by atoms with E-state index in [4.69, 9.17) is 0 Å². The molecule has 0 atom stereocenters. The van der Waals surface area contributed by atoms with Gasteiger partial charge in [0.05, 0.1) is 0 Å². The van der Waals surface area contributed by atoms with Crippen molar-refractivity contribution in [2.45, 2.75) is 51.7 Å². The van der Waals surface area contributed by atoms with Crippen molar-refractivity contribution < 1.29 is 14.4 Å². The second-order valence-electron chi connectivity index (χ2n) is 5.01. The molecular formula is C16H24NiSi. The summed E-state index contributed by atoms with van der Waals surface area (Å²) >= 11 is 1.84. The standard InChI is InChI=1S/C11H19Si.C5H5.Ni/c1-4-12(5-2,6-3)11-9-7-8-10-11;1-2-4-5-3-1;/h7,9H,4-6,8H2,1-3H3;1-3H,4H2;. The second-order valence-corrected chi connectivity index (χ2v) is 11.7. The molecule has 0 radical (unpaired) electrons. The Balaban J connectivity index is 2.23. The van der Waals surface area contributed by atoms with Crippen LogP contribution >= 0.6 is 0 Å². The quantitative estimate of drug-likeness (QED) is 0.593. The van der Waals surface area contributed by atoms with E-state index in [9.17, 15) is 0 Å². The molecule has 2 aliphatic carbocycles. The van der Waals surface area contributed by atoms with Gasteiger partial charge < -0.3 is 0 Å². The first-order valence-electron chi connectivity index (χ1n) is 7.10. The molecule has 0 bridgehead atoms. The molecular weight excluding hydrogens is 279 g/mol. The monoisotopic (exact) mass is 302 g/mol. The minimum absolute atomic E-state index is 1.15. The average molecular weight is 303 g/mol. The van der Waals surface area contributed by atoms with Crippen LogP contribution in [-0.2, 0) is 14.4 Å². The van der Waals surface area contributed by atoms with Crippen molar-refractivity contribution >= 4 is 8.07 Å². The molecule has 0 saturated heterocycles. The Bertz CT molecular complexity index is 414. The Labute approximate surface area is 119 Å². The average Bonchev–Trinajstić information content (AvgIpc) is 3.06. The fourth-order valence-corrected chi connectivity index (χ4v) is 8.82. The topological polar surface area (TPSA) is 0 Å². The van der Waals surface area contributed by atoms with Crippen molar-refractivity contribution in [1.82, 2.24) is 0 Å². The van der Waals surface area contributed by atoms with Crippen molar-refractivity contribution in [2.75, 3.05) is 0 Å². The van der Waals surface area contributed by atoms with Gasteiger partial charge in [-0.25, -0.2) is 0 Å². The van der Waals surface area contributed by atoms with Gasteiger partial charge in [-0.05, 0) is 0 Å². The van der Waals surface area contributed by atoms with E-state index < -0.39 is 8.07 Å². The molecule has 0 nitrogen and oxygen atoms in total. The van der Waals surface area contributed by atoms with Crippen LogP contribution in [0.15, 0.2) is 44.7 Å². The van der Waals surface area contributed by atoms with Gasteiger partial charge in [0.2, 0.25) is 0 Å². The van der Waals surface area contributed by atoms with E-state index in [1.165, 1.54) is 24.6 Å². The zero-order chi connectivity index (χ0) is 13.0. The number of hydrogen-bond acceptors (Lipinski definition) is 0. The summed E-state index contributed by atoms with van der Waals surface area (Å²) in [5.74, 6) is 0. The fraction of sp³-hybridized carbons (Fsp3) is 0.500. The van der Waals surface area contributed by atoms with Crippen LogP contribution in [0.2, 0.25) is 18.1 Å². The molecule has 102 valence electrons. The predicted molar refractivity (Wildman–Crippen MR) is 79.8 cm³/mol. The molecule has 2 aliphatic rings. The molecule has 0 spiro atoms. The Morgan fingerprint density at radius 1 is 1.06 bits per heavy atom. The van der Waals surface area contributed by atoms with Gasteiger partial charge >= 0.3 is 119 Å². The Morgan fingerprint density at radius 2 is 1.78 bits per heavy atom. The van der Waals surface area contributed by atoms with E-state index in [2.05, 4.69) is 51.2 Å². The van der Waals surface area contributed by atoms with E-state index in [1.807, 2.05) is 14.4 Å². The maximum atomic E-state index is 2.46. The van der Waals surface area contributed by atoms with Gasteiger partial charge in [-0.3, -0.25) is 0 Å². The summed E-state index contributed by atoms with van der Waals surface area (Å²) in [5.41, 5.74) is 0. The van der Waals surface area contributed by atoms with Crippen molar-refractivity contribution in [3.05, 3.63) is 44.7 Å². The van der Waals surface area contributed by atoms with Gasteiger partial charge in [0, 0.05) is 0 Å². The fourth-order valence-electron chi connectivity index (χ4n) is 2.90. The molecule has 0 aromatic heterocycles. The minimum atomic E-state index is -1.19. The first-order chi connectivity index (χ1) is 8.75. The van der Waals surface area contributed by atoms with E-state index >= 15 is 0 Å². The molecule has 0 aromatic carbocycles. The second kappa shape index (κ2) is 6.21. The van der Waals surface area contributed by atoms with E-state index in [-0.39, 0.29) is 0 Å². The molecule has 2 heteroatoms. The van der Waals surface area contributed by atoms with Gasteiger partial charge in [-0.2, -0.15) is 0 Å². The molecule has 0 saturated carbocycles. The van der Waals surface area contributed by atoms with Crippen LogP contribution in [0.3, 0.4) is 0 Å². The van der Waals surface area contributed by atoms with Crippen LogP contribution < -0.4 is 0 Å². The molecule has 0 N–H and O–H groups in total. The van der Waals surface area contributed by atoms with Gasteiger partial charge in [0.1, 0.15) is 0 Å². The third-order valence-corrected chi connectivity index (χ3v) is 11.7. The number of rotatable bonds is 6. The molecule has 2 rings (SSSR count). The first-order valence-corrected chi connectivity index (χ1v) is 10.7. The summed E-state index contributed by atoms with van der Waals surface area (Å²) in [7, 11) is -1.19. The van der Waals surface area contributed by atoms with E-state index in [0.717, 1.165) is 6.42 Å². The van der Waals surface area contributed by atoms with Crippen LogP contribution in [0.1, 0.15) is 33.6 Å². The van der Waals surface area contributed by atoms with Crippen molar-refractivity contribution in [3.8, 4) is 0 Å². The summed E-state index contributed by atoms with van der Waals surface area (Å²) in [4.78, 5) is 0. The van der Waals surface area contributed by atoms with Crippen LogP contribution in [0.4, 0.5) is 0 Å². The van der Waals surface area contributed by atoms with E-state index in [0.29, 0.717) is 0 Å². The van der Waals surface area contributed by atoms with E-state index in [1.54, 1.807) is 14.3 Å². The molecule has 0 amide bonds. The normalized spacial score (nSPS) is 19.2. The van der Waals surface area contributed by atoms with Gasteiger partial charge in [-0.15, -0.1) is 0 Å². The molecule has 0 heterocycles. The summed E-state index contributed by atoms with van der Waals surface area (Å²) in [6.45, 7) is 7.21. The molecule has 0 aromatic rings. The predicted octanol–water partition coefficient (Wildman–Crippen LogP) is 5.17. The third-order valence-electron chi connectivity index (χ3n) is 4.35. The van der Waals surface area contributed by atoms with Crippen molar-refractivity contribution in [1.29, 1.82) is 0 Å². The molecule has 0 unspecified atom stereocenters. The summed E-state index contributed by atoms with van der Waals surface area (Å²) in [5, 5.41) is 1.77. The van der Waals surface area contributed by atoms with Crippen molar-refractivity contribution in [3.63, 3.8) is 0 Å². The number of allylic oxidation sites excluding steroid dienone is 8. The van der Waals surface area contributed by atoms with Crippen molar-refractivity contribution in [2.24, 2.45) is 0 Å². The maximum absolute atomic E-state index is 2.46. The molecule has 18 heavy (non-hydrogen) atoms. The van der Waals surface area contributed by atoms with Gasteiger partial charge in [0.25, 0.3) is 0 Å². The summed E-state index contributed by atoms with van der Waals surface area (Å²) in [6, 6.07) is 4.18. The Morgan fingerprint density at radius 3 is 2.33 bits per heavy atom. The third kappa shape index (κ3) is 2.65. The van der Waals surface area contributed by atoms with Gasteiger partial charge in [0.15, 0.2) is 0 Å². The Kier molecular flexibility index (Phi) is 4.86. The molecule has 0 fully saturated rings. The zero-order valence-electron chi connectivity index (χ0n) is 11.7. The SMILES string of the molecule is CC[Si](CC)(CC)C1=[C]([Ni][C]2=CC=CC2)CC=C1. The zero-order valence-corrected chi connectivity index (χ0v) is 13.7. The Hall–Kier alpha value is -0.330. The number of hydrogen-bond donors (Lipinski definition) is 0. The van der Waals surface area contributed by atoms with Crippen LogP contribution in [0.5, 0.6) is 0 Å². The molecule has 0 aliphatic heterocycles. The van der Waals surface area contributed by atoms with Crippen LogP contribution in [0, 0.1) is 0 Å². The van der Waals surface area contributed by atoms with Crippen LogP contribution in [-0.4, -0.2) is 8.07 Å². The van der Waals surface area contributed by atoms with Crippen LogP contribution in [0.25, 0.3) is 0 Å². The summed E-state index contributed by atoms with van der Waals surface area (Å²) < 4.78 is 3.22. The van der Waals surface area contributed by atoms with Gasteiger partial charge in [-0.1, -0.05) is 0 Å². The first kappa shape index (κ1) is 14.1. The summed E-state index contributed by atoms with van der Waals surface area (Å²) in [6.07, 6.45) is 13.9.